The molecule has 0 aliphatic carbocycles. The predicted molar refractivity (Wildman–Crippen MR) is 61.6 cm³/mol. The van der Waals surface area contributed by atoms with E-state index in [4.69, 9.17) is 0 Å². The first-order chi connectivity index (χ1) is 6.91. The first-order valence-corrected chi connectivity index (χ1v) is 7.59. The van der Waals surface area contributed by atoms with Gasteiger partial charge in [-0.25, -0.2) is 0 Å². The molecule has 0 bridgehead atoms. The normalized spacial score (nSPS) is 48.8. The van der Waals surface area contributed by atoms with Crippen molar-refractivity contribution >= 4 is 17.2 Å². The summed E-state index contributed by atoms with van der Waals surface area (Å²) in [5.74, 6) is -0.933. The molecule has 2 aliphatic rings. The molecule has 2 saturated heterocycles. The molecular formula is C9H18O4P2. The van der Waals surface area contributed by atoms with Gasteiger partial charge in [-0.3, -0.25) is 0 Å². The van der Waals surface area contributed by atoms with Crippen molar-refractivity contribution in [1.29, 1.82) is 0 Å². The summed E-state index contributed by atoms with van der Waals surface area (Å²) in [7, 11) is 0.341. The highest BCUT2D eigenvalue weighted by molar-refractivity contribution is 7.39. The zero-order valence-electron chi connectivity index (χ0n) is 8.48. The Kier molecular flexibility index (Phi) is 3.39. The SMILES string of the molecule is OC1CC2(CCPC(O)(O)C2)CC(O)P1. The molecule has 0 saturated carbocycles. The summed E-state index contributed by atoms with van der Waals surface area (Å²) >= 11 is 0. The quantitative estimate of drug-likeness (QED) is 0.366. The van der Waals surface area contributed by atoms with Gasteiger partial charge < -0.3 is 20.4 Å². The Morgan fingerprint density at radius 2 is 1.67 bits per heavy atom. The largest absolute Gasteiger partial charge is 0.389 e. The Bertz CT molecular complexity index is 236. The maximum absolute atomic E-state index is 9.67. The van der Waals surface area contributed by atoms with E-state index in [0.717, 1.165) is 12.6 Å². The Hall–Kier alpha value is 0.700. The molecule has 6 heteroatoms. The van der Waals surface area contributed by atoms with Crippen LogP contribution in [0.4, 0.5) is 0 Å². The summed E-state index contributed by atoms with van der Waals surface area (Å²) < 4.78 is 0. The second-order valence-electron chi connectivity index (χ2n) is 4.78. The molecule has 2 aliphatic heterocycles. The van der Waals surface area contributed by atoms with E-state index in [1.807, 2.05) is 0 Å². The molecule has 4 nitrogen and oxygen atoms in total. The van der Waals surface area contributed by atoms with Crippen LogP contribution in [0.15, 0.2) is 0 Å². The molecule has 2 heterocycles. The van der Waals surface area contributed by atoms with Gasteiger partial charge in [0.15, 0.2) is 5.53 Å². The summed E-state index contributed by atoms with van der Waals surface area (Å²) in [6.45, 7) is 0. The minimum atomic E-state index is -1.57. The molecule has 3 atom stereocenters. The molecule has 0 aromatic carbocycles. The zero-order chi connectivity index (χ0) is 11.1. The van der Waals surface area contributed by atoms with Crippen molar-refractivity contribution in [2.45, 2.75) is 42.9 Å². The van der Waals surface area contributed by atoms with E-state index in [0.29, 0.717) is 19.3 Å². The molecule has 15 heavy (non-hydrogen) atoms. The third-order valence-corrected chi connectivity index (χ3v) is 5.74. The maximum Gasteiger partial charge on any atom is 0.178 e. The third-order valence-electron chi connectivity index (χ3n) is 3.32. The monoisotopic (exact) mass is 252 g/mol. The van der Waals surface area contributed by atoms with Gasteiger partial charge in [-0.05, 0) is 30.8 Å². The Labute approximate surface area is 92.7 Å². The zero-order valence-corrected chi connectivity index (χ0v) is 10.5. The van der Waals surface area contributed by atoms with E-state index < -0.39 is 17.2 Å². The van der Waals surface area contributed by atoms with Crippen LogP contribution in [-0.4, -0.2) is 43.8 Å². The highest BCUT2D eigenvalue weighted by Crippen LogP contribution is 2.56. The van der Waals surface area contributed by atoms with Crippen LogP contribution in [0.5, 0.6) is 0 Å². The fourth-order valence-corrected chi connectivity index (χ4v) is 5.90. The highest BCUT2D eigenvalue weighted by Gasteiger charge is 2.47. The molecule has 4 N–H and O–H groups in total. The van der Waals surface area contributed by atoms with Crippen LogP contribution < -0.4 is 0 Å². The maximum atomic E-state index is 9.67. The second-order valence-corrected chi connectivity index (χ2v) is 8.10. The van der Waals surface area contributed by atoms with Crippen LogP contribution in [0.1, 0.15) is 25.7 Å². The van der Waals surface area contributed by atoms with E-state index in [-0.39, 0.29) is 22.6 Å². The highest BCUT2D eigenvalue weighted by atomic mass is 31.1. The van der Waals surface area contributed by atoms with E-state index in [9.17, 15) is 20.4 Å². The number of rotatable bonds is 0. The summed E-state index contributed by atoms with van der Waals surface area (Å²) in [6.07, 6.45) is 3.20. The molecule has 2 rings (SSSR count). The summed E-state index contributed by atoms with van der Waals surface area (Å²) in [6, 6.07) is 0. The van der Waals surface area contributed by atoms with Gasteiger partial charge in [0.2, 0.25) is 0 Å². The van der Waals surface area contributed by atoms with Gasteiger partial charge in [0.1, 0.15) is 0 Å². The standard InChI is InChI=1S/C9H18O4P2/c10-6-3-8(4-7(11)15-6)1-2-14-9(12,13)5-8/h6-7,10-15H,1-5H2. The van der Waals surface area contributed by atoms with Crippen LogP contribution in [-0.2, 0) is 0 Å². The Morgan fingerprint density at radius 3 is 2.20 bits per heavy atom. The van der Waals surface area contributed by atoms with Crippen LogP contribution in [0.3, 0.4) is 0 Å². The average molecular weight is 252 g/mol. The second kappa shape index (κ2) is 4.18. The summed E-state index contributed by atoms with van der Waals surface area (Å²) in [4.78, 5) is 0. The lowest BCUT2D eigenvalue weighted by molar-refractivity contribution is -0.125. The van der Waals surface area contributed by atoms with Crippen molar-refractivity contribution in [1.82, 2.24) is 0 Å². The molecule has 0 radical (unpaired) electrons. The van der Waals surface area contributed by atoms with Gasteiger partial charge in [-0.2, -0.15) is 0 Å². The van der Waals surface area contributed by atoms with Crippen LogP contribution in [0.2, 0.25) is 0 Å². The molecular weight excluding hydrogens is 234 g/mol. The number of aliphatic hydroxyl groups is 4. The smallest absolute Gasteiger partial charge is 0.178 e. The van der Waals surface area contributed by atoms with Gasteiger partial charge >= 0.3 is 0 Å². The minimum absolute atomic E-state index is 0.161. The van der Waals surface area contributed by atoms with Gasteiger partial charge in [-0.1, -0.05) is 17.2 Å². The van der Waals surface area contributed by atoms with E-state index in [1.54, 1.807) is 0 Å². The lowest BCUT2D eigenvalue weighted by Crippen LogP contribution is -2.43. The van der Waals surface area contributed by atoms with Crippen molar-refractivity contribution in [3.63, 3.8) is 0 Å². The molecule has 0 aromatic rings. The Balaban J connectivity index is 2.11. The fourth-order valence-electron chi connectivity index (χ4n) is 2.79. The number of hydrogen-bond donors (Lipinski definition) is 4. The van der Waals surface area contributed by atoms with Crippen LogP contribution >= 0.6 is 17.2 Å². The van der Waals surface area contributed by atoms with Crippen LogP contribution in [0.25, 0.3) is 0 Å². The molecule has 0 aromatic heterocycles. The van der Waals surface area contributed by atoms with Crippen molar-refractivity contribution in [3.05, 3.63) is 0 Å². The van der Waals surface area contributed by atoms with Crippen LogP contribution in [0, 0.1) is 5.41 Å². The van der Waals surface area contributed by atoms with Gasteiger partial charge in [-0.15, -0.1) is 0 Å². The lowest BCUT2D eigenvalue weighted by atomic mass is 9.75. The molecule has 2 fully saturated rings. The van der Waals surface area contributed by atoms with Gasteiger partial charge in [0.25, 0.3) is 0 Å². The van der Waals surface area contributed by atoms with Gasteiger partial charge in [0.05, 0.1) is 11.7 Å². The van der Waals surface area contributed by atoms with E-state index in [1.165, 1.54) is 0 Å². The topological polar surface area (TPSA) is 80.9 Å². The van der Waals surface area contributed by atoms with E-state index in [2.05, 4.69) is 0 Å². The lowest BCUT2D eigenvalue weighted by Gasteiger charge is -2.47. The molecule has 88 valence electrons. The van der Waals surface area contributed by atoms with Crippen molar-refractivity contribution in [2.75, 3.05) is 6.16 Å². The number of aliphatic hydroxyl groups excluding tert-OH is 2. The molecule has 3 unspecified atom stereocenters. The fraction of sp³-hybridized carbons (Fsp3) is 1.00. The molecule has 1 spiro atoms. The van der Waals surface area contributed by atoms with Gasteiger partial charge in [0, 0.05) is 6.42 Å². The third kappa shape index (κ3) is 2.88. The van der Waals surface area contributed by atoms with E-state index >= 15 is 0 Å². The predicted octanol–water partition coefficient (Wildman–Crippen LogP) is 0.193. The average Bonchev–Trinajstić information content (AvgIpc) is 1.97. The van der Waals surface area contributed by atoms with Crippen molar-refractivity contribution in [3.8, 4) is 0 Å². The van der Waals surface area contributed by atoms with Crippen molar-refractivity contribution < 1.29 is 20.4 Å². The first kappa shape index (κ1) is 12.2. The summed E-state index contributed by atoms with van der Waals surface area (Å²) in [5, 5.41) is 38.7. The summed E-state index contributed by atoms with van der Waals surface area (Å²) in [5.41, 5.74) is -1.82. The first-order valence-electron chi connectivity index (χ1n) is 5.23. The van der Waals surface area contributed by atoms with Crippen molar-refractivity contribution in [2.24, 2.45) is 5.41 Å². The minimum Gasteiger partial charge on any atom is -0.389 e. The Morgan fingerprint density at radius 1 is 1.07 bits per heavy atom. The molecule has 0 amide bonds. The number of hydrogen-bond acceptors (Lipinski definition) is 4.